The van der Waals surface area contributed by atoms with Gasteiger partial charge in [0, 0.05) is 17.3 Å². The van der Waals surface area contributed by atoms with E-state index in [0.29, 0.717) is 17.0 Å². The van der Waals surface area contributed by atoms with Crippen LogP contribution in [-0.2, 0) is 12.8 Å². The number of aryl methyl sites for hydroxylation is 1. The Labute approximate surface area is 152 Å². The van der Waals surface area contributed by atoms with Gasteiger partial charge in [0.1, 0.15) is 17.5 Å². The molecule has 1 aromatic heterocycles. The fraction of sp³-hybridized carbons (Fsp3) is 0.400. The molecule has 134 valence electrons. The Morgan fingerprint density at radius 1 is 1.35 bits per heavy atom. The van der Waals surface area contributed by atoms with E-state index in [1.54, 1.807) is 18.2 Å². The summed E-state index contributed by atoms with van der Waals surface area (Å²) in [5, 5.41) is 21.2. The van der Waals surface area contributed by atoms with Crippen LogP contribution in [-0.4, -0.2) is 9.91 Å². The van der Waals surface area contributed by atoms with Crippen LogP contribution in [0.5, 0.6) is 0 Å². The first-order valence-corrected chi connectivity index (χ1v) is 8.69. The number of aromatic nitrogens is 1. The van der Waals surface area contributed by atoms with Crippen molar-refractivity contribution in [3.05, 3.63) is 51.2 Å². The second kappa shape index (κ2) is 6.41. The maximum atomic E-state index is 11.5. The number of nitriles is 1. The summed E-state index contributed by atoms with van der Waals surface area (Å²) in [5.41, 5.74) is 9.15. The number of rotatable bonds is 2. The van der Waals surface area contributed by atoms with Crippen LogP contribution in [0.15, 0.2) is 24.3 Å². The van der Waals surface area contributed by atoms with Gasteiger partial charge in [0.05, 0.1) is 10.5 Å². The first kappa shape index (κ1) is 17.9. The lowest BCUT2D eigenvalue weighted by molar-refractivity contribution is -0.384. The van der Waals surface area contributed by atoms with E-state index in [2.05, 4.69) is 31.8 Å². The minimum Gasteiger partial charge on any atom is -0.383 e. The number of hydrogen-bond donors (Lipinski definition) is 1. The van der Waals surface area contributed by atoms with Crippen LogP contribution in [0.3, 0.4) is 0 Å². The standard InChI is InChI=1S/C20H22N4O2/c1-20(2,3)12-8-9-16-14(10-12)18(15(11-21)19(22)23-16)13-6-4-5-7-17(13)24(25)26/h4-7,12H,8-10H2,1-3H3,(H2,22,23). The van der Waals surface area contributed by atoms with Crippen molar-refractivity contribution in [1.29, 1.82) is 5.26 Å². The fourth-order valence-electron chi connectivity index (χ4n) is 3.77. The number of nitro groups is 1. The number of nitro benzene ring substituents is 1. The largest absolute Gasteiger partial charge is 0.383 e. The Bertz CT molecular complexity index is 923. The first-order chi connectivity index (χ1) is 12.2. The molecule has 26 heavy (non-hydrogen) atoms. The molecule has 1 aromatic carbocycles. The summed E-state index contributed by atoms with van der Waals surface area (Å²) in [6, 6.07) is 8.65. The average Bonchev–Trinajstić information content (AvgIpc) is 2.59. The maximum Gasteiger partial charge on any atom is 0.277 e. The van der Waals surface area contributed by atoms with Crippen LogP contribution in [0.4, 0.5) is 11.5 Å². The van der Waals surface area contributed by atoms with Crippen LogP contribution in [0.2, 0.25) is 0 Å². The van der Waals surface area contributed by atoms with Gasteiger partial charge >= 0.3 is 0 Å². The second-order valence-corrected chi connectivity index (χ2v) is 7.86. The van der Waals surface area contributed by atoms with E-state index in [4.69, 9.17) is 5.73 Å². The first-order valence-electron chi connectivity index (χ1n) is 8.69. The summed E-state index contributed by atoms with van der Waals surface area (Å²) in [5.74, 6) is 0.557. The molecule has 6 heteroatoms. The highest BCUT2D eigenvalue weighted by atomic mass is 16.6. The molecule has 0 spiro atoms. The summed E-state index contributed by atoms with van der Waals surface area (Å²) in [6.45, 7) is 6.59. The molecule has 0 radical (unpaired) electrons. The fourth-order valence-corrected chi connectivity index (χ4v) is 3.77. The Morgan fingerprint density at radius 2 is 2.04 bits per heavy atom. The van der Waals surface area contributed by atoms with E-state index in [0.717, 1.165) is 30.5 Å². The molecule has 1 aliphatic carbocycles. The third kappa shape index (κ3) is 3.01. The maximum absolute atomic E-state index is 11.5. The molecule has 2 aromatic rings. The number of pyridine rings is 1. The molecule has 0 saturated heterocycles. The highest BCUT2D eigenvalue weighted by Crippen LogP contribution is 2.44. The summed E-state index contributed by atoms with van der Waals surface area (Å²) < 4.78 is 0. The number of benzene rings is 1. The van der Waals surface area contributed by atoms with Crippen molar-refractivity contribution in [1.82, 2.24) is 4.98 Å². The van der Waals surface area contributed by atoms with Crippen LogP contribution in [0.25, 0.3) is 11.1 Å². The van der Waals surface area contributed by atoms with E-state index in [9.17, 15) is 15.4 Å². The predicted octanol–water partition coefficient (Wildman–Crippen LogP) is 4.26. The molecule has 0 saturated carbocycles. The Kier molecular flexibility index (Phi) is 4.41. The minimum atomic E-state index is -0.413. The number of nitrogen functional groups attached to an aromatic ring is 1. The number of nitrogens with zero attached hydrogens (tertiary/aromatic N) is 3. The summed E-state index contributed by atoms with van der Waals surface area (Å²) in [4.78, 5) is 15.6. The smallest absolute Gasteiger partial charge is 0.277 e. The van der Waals surface area contributed by atoms with Gasteiger partial charge in [0.25, 0.3) is 5.69 Å². The number of anilines is 1. The van der Waals surface area contributed by atoms with Gasteiger partial charge in [0.15, 0.2) is 0 Å². The van der Waals surface area contributed by atoms with Crippen molar-refractivity contribution in [2.45, 2.75) is 40.0 Å². The van der Waals surface area contributed by atoms with Crippen molar-refractivity contribution in [2.75, 3.05) is 5.73 Å². The van der Waals surface area contributed by atoms with Gasteiger partial charge in [-0.2, -0.15) is 5.26 Å². The van der Waals surface area contributed by atoms with Crippen molar-refractivity contribution >= 4 is 11.5 Å². The topological polar surface area (TPSA) is 106 Å². The van der Waals surface area contributed by atoms with Crippen LogP contribution in [0.1, 0.15) is 44.0 Å². The molecule has 2 N–H and O–H groups in total. The van der Waals surface area contributed by atoms with E-state index < -0.39 is 4.92 Å². The van der Waals surface area contributed by atoms with E-state index >= 15 is 0 Å². The number of fused-ring (bicyclic) bond motifs is 1. The normalized spacial score (nSPS) is 16.6. The van der Waals surface area contributed by atoms with Gasteiger partial charge in [-0.1, -0.05) is 32.9 Å². The number of hydrogen-bond acceptors (Lipinski definition) is 5. The zero-order valence-corrected chi connectivity index (χ0v) is 15.2. The highest BCUT2D eigenvalue weighted by molar-refractivity contribution is 5.84. The summed E-state index contributed by atoms with van der Waals surface area (Å²) in [6.07, 6.45) is 2.49. The molecule has 0 aliphatic heterocycles. The quantitative estimate of drug-likeness (QED) is 0.643. The monoisotopic (exact) mass is 350 g/mol. The molecule has 1 heterocycles. The van der Waals surface area contributed by atoms with E-state index in [-0.39, 0.29) is 22.5 Å². The molecular formula is C20H22N4O2. The van der Waals surface area contributed by atoms with E-state index in [1.807, 2.05) is 0 Å². The molecule has 6 nitrogen and oxygen atoms in total. The van der Waals surface area contributed by atoms with Crippen LogP contribution < -0.4 is 5.73 Å². The van der Waals surface area contributed by atoms with Gasteiger partial charge in [-0.3, -0.25) is 10.1 Å². The van der Waals surface area contributed by atoms with Gasteiger partial charge in [0.2, 0.25) is 0 Å². The van der Waals surface area contributed by atoms with Crippen molar-refractivity contribution in [3.8, 4) is 17.2 Å². The lowest BCUT2D eigenvalue weighted by atomic mass is 9.70. The average molecular weight is 350 g/mol. The Hall–Kier alpha value is -2.94. The van der Waals surface area contributed by atoms with Gasteiger partial charge in [-0.05, 0) is 42.2 Å². The lowest BCUT2D eigenvalue weighted by Gasteiger charge is -2.35. The van der Waals surface area contributed by atoms with Gasteiger partial charge < -0.3 is 5.73 Å². The third-order valence-corrected chi connectivity index (χ3v) is 5.30. The molecule has 0 bridgehead atoms. The summed E-state index contributed by atoms with van der Waals surface area (Å²) in [7, 11) is 0. The molecule has 3 rings (SSSR count). The number of nitrogens with two attached hydrogens (primary N) is 1. The Morgan fingerprint density at radius 3 is 2.65 bits per heavy atom. The minimum absolute atomic E-state index is 0.0188. The lowest BCUT2D eigenvalue weighted by Crippen LogP contribution is -2.28. The third-order valence-electron chi connectivity index (χ3n) is 5.30. The zero-order chi connectivity index (χ0) is 19.1. The van der Waals surface area contributed by atoms with Crippen molar-refractivity contribution < 1.29 is 4.92 Å². The molecule has 1 unspecified atom stereocenters. The summed E-state index contributed by atoms with van der Waals surface area (Å²) >= 11 is 0. The zero-order valence-electron chi connectivity index (χ0n) is 15.2. The van der Waals surface area contributed by atoms with Crippen LogP contribution >= 0.6 is 0 Å². The highest BCUT2D eigenvalue weighted by Gasteiger charge is 2.33. The molecule has 1 aliphatic rings. The van der Waals surface area contributed by atoms with E-state index in [1.165, 1.54) is 6.07 Å². The SMILES string of the molecule is CC(C)(C)C1CCc2nc(N)c(C#N)c(-c3ccccc3[N+](=O)[O-])c2C1. The molecule has 0 amide bonds. The predicted molar refractivity (Wildman–Crippen MR) is 100 cm³/mol. The molecular weight excluding hydrogens is 328 g/mol. The van der Waals surface area contributed by atoms with Crippen molar-refractivity contribution in [3.63, 3.8) is 0 Å². The Balaban J connectivity index is 2.31. The van der Waals surface area contributed by atoms with Crippen LogP contribution in [0, 0.1) is 32.8 Å². The second-order valence-electron chi connectivity index (χ2n) is 7.86. The molecule has 1 atom stereocenters. The molecule has 0 fully saturated rings. The van der Waals surface area contributed by atoms with Gasteiger partial charge in [-0.15, -0.1) is 0 Å². The van der Waals surface area contributed by atoms with Crippen molar-refractivity contribution in [2.24, 2.45) is 11.3 Å². The van der Waals surface area contributed by atoms with Gasteiger partial charge in [-0.25, -0.2) is 4.98 Å². The number of para-hydroxylation sites is 1.